The Morgan fingerprint density at radius 2 is 1.85 bits per heavy atom. The number of nitrogens with one attached hydrogen (secondary N) is 1. The van der Waals surface area contributed by atoms with Crippen LogP contribution in [0.3, 0.4) is 0 Å². The predicted octanol–water partition coefficient (Wildman–Crippen LogP) is 3.74. The van der Waals surface area contributed by atoms with Gasteiger partial charge in [-0.2, -0.15) is 0 Å². The van der Waals surface area contributed by atoms with Crippen molar-refractivity contribution in [3.63, 3.8) is 0 Å². The minimum atomic E-state index is -1.11. The van der Waals surface area contributed by atoms with E-state index >= 15 is 0 Å². The van der Waals surface area contributed by atoms with Crippen LogP contribution in [0.2, 0.25) is 5.02 Å². The zero-order chi connectivity index (χ0) is 14.4. The van der Waals surface area contributed by atoms with Gasteiger partial charge in [0.05, 0.1) is 23.1 Å². The zero-order valence-corrected chi connectivity index (χ0v) is 13.0. The summed E-state index contributed by atoms with van der Waals surface area (Å²) in [6.07, 6.45) is 1.09. The first kappa shape index (κ1) is 15.3. The van der Waals surface area contributed by atoms with Gasteiger partial charge in [0.1, 0.15) is 11.5 Å². The molecule has 3 nitrogen and oxygen atoms in total. The molecule has 5 heteroatoms. The monoisotopic (exact) mass is 311 g/mol. The molecule has 0 amide bonds. The van der Waals surface area contributed by atoms with E-state index in [1.807, 2.05) is 12.1 Å². The van der Waals surface area contributed by atoms with Crippen molar-refractivity contribution < 1.29 is 8.63 Å². The second kappa shape index (κ2) is 7.62. The Kier molecular flexibility index (Phi) is 5.83. The maximum Gasteiger partial charge on any atom is 0.118 e. The van der Waals surface area contributed by atoms with E-state index in [1.165, 1.54) is 0 Å². The van der Waals surface area contributed by atoms with Crippen LogP contribution in [0.1, 0.15) is 24.9 Å². The first-order valence-electron chi connectivity index (χ1n) is 6.61. The van der Waals surface area contributed by atoms with E-state index in [-0.39, 0.29) is 0 Å². The molecule has 108 valence electrons. The van der Waals surface area contributed by atoms with Gasteiger partial charge in [0.15, 0.2) is 0 Å². The summed E-state index contributed by atoms with van der Waals surface area (Å²) < 4.78 is 17.9. The topological polar surface area (TPSA) is 42.2 Å². The van der Waals surface area contributed by atoms with Crippen molar-refractivity contribution in [3.8, 4) is 0 Å². The van der Waals surface area contributed by atoms with Gasteiger partial charge >= 0.3 is 0 Å². The maximum absolute atomic E-state index is 12.2. The molecule has 1 unspecified atom stereocenters. The molecular formula is C15H18ClNO2S. The lowest BCUT2D eigenvalue weighted by Gasteiger charge is -2.01. The van der Waals surface area contributed by atoms with Crippen LogP contribution >= 0.6 is 11.6 Å². The summed E-state index contributed by atoms with van der Waals surface area (Å²) in [5, 5.41) is 3.92. The van der Waals surface area contributed by atoms with Crippen LogP contribution in [0.4, 0.5) is 0 Å². The smallest absolute Gasteiger partial charge is 0.118 e. The zero-order valence-electron chi connectivity index (χ0n) is 11.4. The van der Waals surface area contributed by atoms with Crippen molar-refractivity contribution in [2.24, 2.45) is 0 Å². The van der Waals surface area contributed by atoms with Gasteiger partial charge in [0.25, 0.3) is 0 Å². The molecule has 1 atom stereocenters. The molecule has 2 rings (SSSR count). The molecule has 0 aliphatic rings. The van der Waals surface area contributed by atoms with Crippen molar-refractivity contribution in [3.05, 3.63) is 52.9 Å². The highest BCUT2D eigenvalue weighted by Crippen LogP contribution is 2.17. The molecule has 0 aliphatic carbocycles. The van der Waals surface area contributed by atoms with Crippen LogP contribution in [0.5, 0.6) is 0 Å². The van der Waals surface area contributed by atoms with Crippen molar-refractivity contribution in [1.29, 1.82) is 0 Å². The van der Waals surface area contributed by atoms with Crippen LogP contribution < -0.4 is 5.32 Å². The standard InChI is InChI=1S/C15H18ClNO2S/c1-2-9-17-10-13-5-6-14(19-13)11-20(18)15-7-3-12(16)4-8-15/h3-8,17H,2,9-11H2,1H3. The summed E-state index contributed by atoms with van der Waals surface area (Å²) >= 11 is 5.82. The fourth-order valence-electron chi connectivity index (χ4n) is 1.78. The van der Waals surface area contributed by atoms with E-state index in [1.54, 1.807) is 24.3 Å². The quantitative estimate of drug-likeness (QED) is 0.792. The van der Waals surface area contributed by atoms with Gasteiger partial charge in [0, 0.05) is 9.92 Å². The largest absolute Gasteiger partial charge is 0.464 e. The molecule has 0 radical (unpaired) electrons. The van der Waals surface area contributed by atoms with Crippen molar-refractivity contribution in [2.75, 3.05) is 6.54 Å². The molecule has 1 aromatic carbocycles. The minimum absolute atomic E-state index is 0.384. The van der Waals surface area contributed by atoms with Gasteiger partial charge in [0.2, 0.25) is 0 Å². The normalized spacial score (nSPS) is 12.5. The Labute approximate surface area is 126 Å². The second-order valence-electron chi connectivity index (χ2n) is 4.49. The SMILES string of the molecule is CCCNCc1ccc(CS(=O)c2ccc(Cl)cc2)o1. The van der Waals surface area contributed by atoms with Crippen molar-refractivity contribution in [2.45, 2.75) is 30.5 Å². The lowest BCUT2D eigenvalue weighted by Crippen LogP contribution is -2.13. The number of hydrogen-bond donors (Lipinski definition) is 1. The molecule has 0 spiro atoms. The highest BCUT2D eigenvalue weighted by Gasteiger charge is 2.09. The van der Waals surface area contributed by atoms with Crippen LogP contribution in [0.25, 0.3) is 0 Å². The third-order valence-corrected chi connectivity index (χ3v) is 4.39. The molecule has 0 saturated heterocycles. The van der Waals surface area contributed by atoms with Gasteiger partial charge in [-0.15, -0.1) is 0 Å². The van der Waals surface area contributed by atoms with E-state index < -0.39 is 10.8 Å². The molecule has 20 heavy (non-hydrogen) atoms. The van der Waals surface area contributed by atoms with Gasteiger partial charge < -0.3 is 9.73 Å². The molecule has 0 bridgehead atoms. The number of rotatable bonds is 7. The third-order valence-electron chi connectivity index (χ3n) is 2.79. The Bertz CT molecular complexity index is 566. The van der Waals surface area contributed by atoms with Crippen LogP contribution in [-0.2, 0) is 23.1 Å². The Morgan fingerprint density at radius 3 is 2.55 bits per heavy atom. The fourth-order valence-corrected chi connectivity index (χ4v) is 2.93. The van der Waals surface area contributed by atoms with Gasteiger partial charge in [-0.3, -0.25) is 4.21 Å². The highest BCUT2D eigenvalue weighted by atomic mass is 35.5. The molecule has 0 fully saturated rings. The second-order valence-corrected chi connectivity index (χ2v) is 6.38. The van der Waals surface area contributed by atoms with Gasteiger partial charge in [-0.05, 0) is 49.4 Å². The Hall–Kier alpha value is -1.10. The average molecular weight is 312 g/mol. The predicted molar refractivity (Wildman–Crippen MR) is 82.3 cm³/mol. The summed E-state index contributed by atoms with van der Waals surface area (Å²) in [4.78, 5) is 0.761. The van der Waals surface area contributed by atoms with E-state index in [2.05, 4.69) is 12.2 Å². The summed E-state index contributed by atoms with van der Waals surface area (Å²) in [5.74, 6) is 2.00. The first-order valence-corrected chi connectivity index (χ1v) is 8.31. The lowest BCUT2D eigenvalue weighted by atomic mass is 10.4. The summed E-state index contributed by atoms with van der Waals surface area (Å²) in [6.45, 7) is 3.80. The molecule has 1 aromatic heterocycles. The summed E-state index contributed by atoms with van der Waals surface area (Å²) in [7, 11) is -1.11. The molecule has 0 aliphatic heterocycles. The van der Waals surface area contributed by atoms with E-state index in [0.717, 1.165) is 29.4 Å². The minimum Gasteiger partial charge on any atom is -0.464 e. The van der Waals surface area contributed by atoms with Crippen LogP contribution in [-0.4, -0.2) is 10.8 Å². The molecule has 2 aromatic rings. The number of hydrogen-bond acceptors (Lipinski definition) is 3. The van der Waals surface area contributed by atoms with Crippen molar-refractivity contribution >= 4 is 22.4 Å². The van der Waals surface area contributed by atoms with E-state index in [0.29, 0.717) is 17.3 Å². The first-order chi connectivity index (χ1) is 9.69. The van der Waals surface area contributed by atoms with Crippen molar-refractivity contribution in [1.82, 2.24) is 5.32 Å². The summed E-state index contributed by atoms with van der Waals surface area (Å²) in [5.41, 5.74) is 0. The molecule has 1 N–H and O–H groups in total. The molecular weight excluding hydrogens is 294 g/mol. The van der Waals surface area contributed by atoms with Crippen LogP contribution in [0.15, 0.2) is 45.7 Å². The highest BCUT2D eigenvalue weighted by molar-refractivity contribution is 7.84. The third kappa shape index (κ3) is 4.47. The Morgan fingerprint density at radius 1 is 1.15 bits per heavy atom. The number of benzene rings is 1. The fraction of sp³-hybridized carbons (Fsp3) is 0.333. The van der Waals surface area contributed by atoms with E-state index in [4.69, 9.17) is 16.0 Å². The van der Waals surface area contributed by atoms with Gasteiger partial charge in [-0.25, -0.2) is 0 Å². The molecule has 1 heterocycles. The average Bonchev–Trinajstić information content (AvgIpc) is 2.87. The Balaban J connectivity index is 1.92. The molecule has 0 saturated carbocycles. The number of halogens is 1. The van der Waals surface area contributed by atoms with Crippen LogP contribution in [0, 0.1) is 0 Å². The maximum atomic E-state index is 12.2. The lowest BCUT2D eigenvalue weighted by molar-refractivity contribution is 0.458. The summed E-state index contributed by atoms with van der Waals surface area (Å²) in [6, 6.07) is 10.9. The van der Waals surface area contributed by atoms with E-state index in [9.17, 15) is 4.21 Å². The van der Waals surface area contributed by atoms with Gasteiger partial charge in [-0.1, -0.05) is 18.5 Å². The number of furan rings is 1.